The van der Waals surface area contributed by atoms with Crippen LogP contribution in [0.5, 0.6) is 0 Å². The zero-order chi connectivity index (χ0) is 21.1. The van der Waals surface area contributed by atoms with E-state index in [1.165, 1.54) is 12.8 Å². The second-order valence-electron chi connectivity index (χ2n) is 8.29. The summed E-state index contributed by atoms with van der Waals surface area (Å²) >= 11 is 0. The van der Waals surface area contributed by atoms with E-state index in [4.69, 9.17) is 5.73 Å². The summed E-state index contributed by atoms with van der Waals surface area (Å²) in [4.78, 5) is 25.8. The van der Waals surface area contributed by atoms with E-state index in [9.17, 15) is 4.79 Å². The number of hydrogen-bond donors (Lipinski definition) is 1. The Morgan fingerprint density at radius 1 is 1.07 bits per heavy atom. The number of hydrogen-bond acceptors (Lipinski definition) is 5. The van der Waals surface area contributed by atoms with E-state index in [0.717, 1.165) is 47.6 Å². The third-order valence-electron chi connectivity index (χ3n) is 6.21. The van der Waals surface area contributed by atoms with E-state index in [-0.39, 0.29) is 0 Å². The van der Waals surface area contributed by atoms with Gasteiger partial charge < -0.3 is 15.5 Å². The molecule has 1 saturated carbocycles. The average Bonchev–Trinajstić information content (AvgIpc) is 2.70. The van der Waals surface area contributed by atoms with Gasteiger partial charge in [0.2, 0.25) is 5.91 Å². The fraction of sp³-hybridized carbons (Fsp3) is 0.522. The Morgan fingerprint density at radius 3 is 2.24 bits per heavy atom. The van der Waals surface area contributed by atoms with E-state index in [1.54, 1.807) is 12.4 Å². The molecule has 0 saturated heterocycles. The summed E-state index contributed by atoms with van der Waals surface area (Å²) in [6.07, 6.45) is 8.19. The highest BCUT2D eigenvalue weighted by atomic mass is 16.1. The fourth-order valence-electron chi connectivity index (χ4n) is 4.45. The predicted molar refractivity (Wildman–Crippen MR) is 118 cm³/mol. The van der Waals surface area contributed by atoms with Crippen molar-refractivity contribution in [3.05, 3.63) is 41.3 Å². The Labute approximate surface area is 174 Å². The first-order valence-electron chi connectivity index (χ1n) is 10.5. The van der Waals surface area contributed by atoms with Gasteiger partial charge in [0.25, 0.3) is 0 Å². The molecule has 6 nitrogen and oxygen atoms in total. The molecule has 2 aromatic rings. The maximum absolute atomic E-state index is 12.2. The van der Waals surface area contributed by atoms with E-state index >= 15 is 0 Å². The smallest absolute Gasteiger partial charge is 0.249 e. The SMILES string of the molecule is CCN(c1cc(-c2cnc(C)cn2)cc(C(N)=O)c1C)C1CCC(N(C)C)CC1. The van der Waals surface area contributed by atoms with Gasteiger partial charge in [-0.25, -0.2) is 0 Å². The highest BCUT2D eigenvalue weighted by molar-refractivity contribution is 5.97. The highest BCUT2D eigenvalue weighted by Gasteiger charge is 2.28. The van der Waals surface area contributed by atoms with Gasteiger partial charge in [-0.3, -0.25) is 14.8 Å². The highest BCUT2D eigenvalue weighted by Crippen LogP contribution is 2.35. The van der Waals surface area contributed by atoms with Crippen LogP contribution in [0.4, 0.5) is 5.69 Å². The fourth-order valence-corrected chi connectivity index (χ4v) is 4.45. The van der Waals surface area contributed by atoms with E-state index in [0.29, 0.717) is 17.6 Å². The van der Waals surface area contributed by atoms with Crippen LogP contribution in [0.15, 0.2) is 24.5 Å². The number of primary amides is 1. The zero-order valence-corrected chi connectivity index (χ0v) is 18.3. The van der Waals surface area contributed by atoms with Crippen LogP contribution in [-0.2, 0) is 0 Å². The molecule has 0 radical (unpaired) electrons. The molecule has 0 atom stereocenters. The number of rotatable bonds is 6. The van der Waals surface area contributed by atoms with Crippen molar-refractivity contribution >= 4 is 11.6 Å². The van der Waals surface area contributed by atoms with E-state index in [2.05, 4.69) is 46.9 Å². The molecule has 0 unspecified atom stereocenters. The normalized spacial score (nSPS) is 19.4. The van der Waals surface area contributed by atoms with Crippen molar-refractivity contribution < 1.29 is 4.79 Å². The lowest BCUT2D eigenvalue weighted by Crippen LogP contribution is -2.42. The van der Waals surface area contributed by atoms with Gasteiger partial charge in [0.05, 0.1) is 17.6 Å². The summed E-state index contributed by atoms with van der Waals surface area (Å²) in [6.45, 7) is 6.97. The zero-order valence-electron chi connectivity index (χ0n) is 18.3. The molecule has 0 aliphatic heterocycles. The van der Waals surface area contributed by atoms with Crippen LogP contribution in [0.25, 0.3) is 11.3 Å². The van der Waals surface area contributed by atoms with Gasteiger partial charge in [0.15, 0.2) is 0 Å². The Kier molecular flexibility index (Phi) is 6.52. The van der Waals surface area contributed by atoms with Gasteiger partial charge in [-0.05, 0) is 78.2 Å². The van der Waals surface area contributed by atoms with Crippen molar-refractivity contribution in [1.29, 1.82) is 0 Å². The van der Waals surface area contributed by atoms with Crippen LogP contribution < -0.4 is 10.6 Å². The number of nitrogens with two attached hydrogens (primary N) is 1. The Bertz CT molecular complexity index is 854. The molecule has 29 heavy (non-hydrogen) atoms. The Hall–Kier alpha value is -2.47. The number of aryl methyl sites for hydroxylation is 1. The molecule has 1 heterocycles. The lowest BCUT2D eigenvalue weighted by atomic mass is 9.88. The second-order valence-corrected chi connectivity index (χ2v) is 8.29. The number of anilines is 1. The minimum absolute atomic E-state index is 0.405. The van der Waals surface area contributed by atoms with Crippen LogP contribution in [0.3, 0.4) is 0 Å². The number of benzene rings is 1. The maximum Gasteiger partial charge on any atom is 0.249 e. The number of nitrogens with zero attached hydrogens (tertiary/aromatic N) is 4. The molecule has 1 aliphatic rings. The molecule has 1 fully saturated rings. The molecule has 156 valence electrons. The molecular weight excluding hydrogens is 362 g/mol. The molecule has 0 bridgehead atoms. The molecule has 0 spiro atoms. The summed E-state index contributed by atoms with van der Waals surface area (Å²) in [5.74, 6) is -0.405. The van der Waals surface area contributed by atoms with Gasteiger partial charge in [-0.15, -0.1) is 0 Å². The molecule has 2 N–H and O–H groups in total. The van der Waals surface area contributed by atoms with Crippen molar-refractivity contribution in [3.63, 3.8) is 0 Å². The third kappa shape index (κ3) is 4.58. The quantitative estimate of drug-likeness (QED) is 0.809. The summed E-state index contributed by atoms with van der Waals surface area (Å²) in [6, 6.07) is 5.11. The van der Waals surface area contributed by atoms with Crippen LogP contribution in [-0.4, -0.2) is 53.5 Å². The van der Waals surface area contributed by atoms with Crippen molar-refractivity contribution in [3.8, 4) is 11.3 Å². The monoisotopic (exact) mass is 395 g/mol. The summed E-state index contributed by atoms with van der Waals surface area (Å²) in [5.41, 5.74) is 10.8. The minimum atomic E-state index is -0.405. The first kappa shape index (κ1) is 21.2. The molecule has 3 rings (SSSR count). The lowest BCUT2D eigenvalue weighted by molar-refractivity contribution is 0.0999. The topological polar surface area (TPSA) is 75.4 Å². The summed E-state index contributed by atoms with van der Waals surface area (Å²) in [7, 11) is 4.33. The van der Waals surface area contributed by atoms with Crippen LogP contribution >= 0.6 is 0 Å². The largest absolute Gasteiger partial charge is 0.369 e. The molecule has 1 aromatic heterocycles. The van der Waals surface area contributed by atoms with Crippen molar-refractivity contribution in [2.75, 3.05) is 25.5 Å². The summed E-state index contributed by atoms with van der Waals surface area (Å²) in [5, 5.41) is 0. The molecule has 1 aliphatic carbocycles. The van der Waals surface area contributed by atoms with Crippen LogP contribution in [0.1, 0.15) is 54.2 Å². The van der Waals surface area contributed by atoms with E-state index < -0.39 is 5.91 Å². The maximum atomic E-state index is 12.2. The number of aromatic nitrogens is 2. The molecular formula is C23H33N5O. The first-order valence-corrected chi connectivity index (χ1v) is 10.5. The third-order valence-corrected chi connectivity index (χ3v) is 6.21. The lowest BCUT2D eigenvalue weighted by Gasteiger charge is -2.40. The van der Waals surface area contributed by atoms with Gasteiger partial charge in [-0.2, -0.15) is 0 Å². The predicted octanol–water partition coefficient (Wildman–Crippen LogP) is 3.56. The standard InChI is InChI=1S/C23H33N5O/c1-6-28(19-9-7-18(8-10-19)27(4)5)22-12-17(11-20(16(22)3)23(24)29)21-14-25-15(2)13-26-21/h11-14,18-19H,6-10H2,1-5H3,(H2,24,29). The molecule has 6 heteroatoms. The van der Waals surface area contributed by atoms with Crippen molar-refractivity contribution in [2.45, 2.75) is 58.5 Å². The van der Waals surface area contributed by atoms with Crippen molar-refractivity contribution in [1.82, 2.24) is 14.9 Å². The Morgan fingerprint density at radius 2 is 1.72 bits per heavy atom. The molecule has 1 aromatic carbocycles. The van der Waals surface area contributed by atoms with Gasteiger partial charge in [-0.1, -0.05) is 0 Å². The summed E-state index contributed by atoms with van der Waals surface area (Å²) < 4.78 is 0. The number of amides is 1. The number of carbonyl (C=O) groups excluding carboxylic acids is 1. The van der Waals surface area contributed by atoms with Gasteiger partial charge in [0, 0.05) is 41.6 Å². The second kappa shape index (κ2) is 8.91. The Balaban J connectivity index is 2.00. The van der Waals surface area contributed by atoms with Crippen LogP contribution in [0.2, 0.25) is 0 Å². The molecule has 1 amide bonds. The van der Waals surface area contributed by atoms with Gasteiger partial charge in [0.1, 0.15) is 0 Å². The van der Waals surface area contributed by atoms with Crippen molar-refractivity contribution in [2.24, 2.45) is 5.73 Å². The first-order chi connectivity index (χ1) is 13.8. The average molecular weight is 396 g/mol. The van der Waals surface area contributed by atoms with Crippen LogP contribution in [0, 0.1) is 13.8 Å². The van der Waals surface area contributed by atoms with Gasteiger partial charge >= 0.3 is 0 Å². The minimum Gasteiger partial charge on any atom is -0.369 e. The number of carbonyl (C=O) groups is 1. The van der Waals surface area contributed by atoms with E-state index in [1.807, 2.05) is 19.9 Å².